The predicted octanol–water partition coefficient (Wildman–Crippen LogP) is -0.284. The number of nitrogens with two attached hydrogens (primary N) is 1. The molecule has 0 spiro atoms. The van der Waals surface area contributed by atoms with Gasteiger partial charge in [-0.1, -0.05) is 13.8 Å². The van der Waals surface area contributed by atoms with Crippen molar-refractivity contribution in [3.05, 3.63) is 0 Å². The van der Waals surface area contributed by atoms with Crippen molar-refractivity contribution in [2.75, 3.05) is 19.7 Å². The number of aliphatic hydroxyl groups is 1. The molecule has 0 aromatic carbocycles. The predicted molar refractivity (Wildman–Crippen MR) is 52.1 cm³/mol. The molecule has 0 aliphatic heterocycles. The Morgan fingerprint density at radius 1 is 1.54 bits per heavy atom. The number of hydrogen-bond donors (Lipinski definition) is 3. The molecule has 0 aliphatic carbocycles. The highest BCUT2D eigenvalue weighted by atomic mass is 16.3. The first-order valence-electron chi connectivity index (χ1n) is 4.70. The lowest BCUT2D eigenvalue weighted by Gasteiger charge is -2.13. The molecule has 13 heavy (non-hydrogen) atoms. The lowest BCUT2D eigenvalue weighted by atomic mass is 10.1. The molecule has 0 saturated carbocycles. The monoisotopic (exact) mass is 188 g/mol. The summed E-state index contributed by atoms with van der Waals surface area (Å²) in [6.45, 7) is 4.90. The Labute approximate surface area is 79.5 Å². The first-order valence-corrected chi connectivity index (χ1v) is 4.70. The molecule has 0 fully saturated rings. The third-order valence-corrected chi connectivity index (χ3v) is 1.98. The molecule has 2 unspecified atom stereocenters. The van der Waals surface area contributed by atoms with E-state index in [4.69, 9.17) is 10.8 Å². The Morgan fingerprint density at radius 3 is 2.62 bits per heavy atom. The Kier molecular flexibility index (Phi) is 6.54. The summed E-state index contributed by atoms with van der Waals surface area (Å²) >= 11 is 0. The van der Waals surface area contributed by atoms with Gasteiger partial charge in [-0.25, -0.2) is 0 Å². The fraction of sp³-hybridized carbons (Fsp3) is 0.889. The van der Waals surface area contributed by atoms with Gasteiger partial charge < -0.3 is 16.2 Å². The van der Waals surface area contributed by atoms with E-state index in [0.29, 0.717) is 19.5 Å². The second-order valence-corrected chi connectivity index (χ2v) is 3.51. The fourth-order valence-electron chi connectivity index (χ4n) is 0.895. The van der Waals surface area contributed by atoms with Crippen LogP contribution in [0.25, 0.3) is 0 Å². The third kappa shape index (κ3) is 5.60. The smallest absolute Gasteiger partial charge is 0.222 e. The Bertz CT molecular complexity index is 151. The molecule has 0 saturated heterocycles. The number of carbonyl (C=O) groups is 1. The van der Waals surface area contributed by atoms with Crippen LogP contribution in [0.2, 0.25) is 0 Å². The second-order valence-electron chi connectivity index (χ2n) is 3.51. The van der Waals surface area contributed by atoms with Crippen LogP contribution in [-0.4, -0.2) is 30.7 Å². The van der Waals surface area contributed by atoms with E-state index in [9.17, 15) is 4.79 Å². The number of rotatable bonds is 6. The van der Waals surface area contributed by atoms with Crippen LogP contribution in [0, 0.1) is 11.8 Å². The fourth-order valence-corrected chi connectivity index (χ4v) is 0.895. The van der Waals surface area contributed by atoms with Crippen LogP contribution in [-0.2, 0) is 4.79 Å². The summed E-state index contributed by atoms with van der Waals surface area (Å²) in [7, 11) is 0. The minimum Gasteiger partial charge on any atom is -0.396 e. The molecule has 0 radical (unpaired) electrons. The summed E-state index contributed by atoms with van der Waals surface area (Å²) < 4.78 is 0. The van der Waals surface area contributed by atoms with Gasteiger partial charge >= 0.3 is 0 Å². The summed E-state index contributed by atoms with van der Waals surface area (Å²) in [5, 5.41) is 11.5. The van der Waals surface area contributed by atoms with Gasteiger partial charge in [0, 0.05) is 19.1 Å². The topological polar surface area (TPSA) is 75.3 Å². The zero-order valence-corrected chi connectivity index (χ0v) is 8.42. The van der Waals surface area contributed by atoms with Crippen LogP contribution in [0.4, 0.5) is 0 Å². The van der Waals surface area contributed by atoms with Gasteiger partial charge in [0.15, 0.2) is 0 Å². The molecule has 2 atom stereocenters. The van der Waals surface area contributed by atoms with Gasteiger partial charge in [0.25, 0.3) is 0 Å². The van der Waals surface area contributed by atoms with Gasteiger partial charge in [-0.3, -0.25) is 4.79 Å². The Hall–Kier alpha value is -0.610. The highest BCUT2D eigenvalue weighted by Gasteiger charge is 2.11. The van der Waals surface area contributed by atoms with E-state index in [1.807, 2.05) is 13.8 Å². The summed E-state index contributed by atoms with van der Waals surface area (Å²) in [5.74, 6) is 0.107. The number of nitrogens with one attached hydrogen (secondary N) is 1. The first kappa shape index (κ1) is 12.4. The molecule has 78 valence electrons. The van der Waals surface area contributed by atoms with Crippen molar-refractivity contribution in [1.29, 1.82) is 0 Å². The molecule has 4 nitrogen and oxygen atoms in total. The summed E-state index contributed by atoms with van der Waals surface area (Å²) in [6.07, 6.45) is 0.708. The van der Waals surface area contributed by atoms with Crippen molar-refractivity contribution in [2.45, 2.75) is 20.3 Å². The molecular formula is C9H20N2O2. The van der Waals surface area contributed by atoms with Gasteiger partial charge in [-0.2, -0.15) is 0 Å². The number of aliphatic hydroxyl groups excluding tert-OH is 1. The molecule has 0 rings (SSSR count). The van der Waals surface area contributed by atoms with Gasteiger partial charge in [-0.05, 0) is 18.9 Å². The molecule has 0 aliphatic rings. The largest absolute Gasteiger partial charge is 0.396 e. The van der Waals surface area contributed by atoms with Crippen LogP contribution in [0.1, 0.15) is 20.3 Å². The van der Waals surface area contributed by atoms with Crippen molar-refractivity contribution < 1.29 is 9.90 Å². The minimum absolute atomic E-state index is 0.0192. The second kappa shape index (κ2) is 6.86. The molecule has 0 aromatic rings. The molecule has 0 aromatic heterocycles. The lowest BCUT2D eigenvalue weighted by Crippen LogP contribution is -2.34. The average molecular weight is 188 g/mol. The van der Waals surface area contributed by atoms with E-state index in [0.717, 1.165) is 0 Å². The van der Waals surface area contributed by atoms with E-state index >= 15 is 0 Å². The van der Waals surface area contributed by atoms with Crippen LogP contribution >= 0.6 is 0 Å². The number of amides is 1. The van der Waals surface area contributed by atoms with Crippen molar-refractivity contribution >= 4 is 5.91 Å². The average Bonchev–Trinajstić information content (AvgIpc) is 2.13. The molecule has 0 heterocycles. The van der Waals surface area contributed by atoms with E-state index < -0.39 is 0 Å². The summed E-state index contributed by atoms with van der Waals surface area (Å²) in [4.78, 5) is 11.3. The van der Waals surface area contributed by atoms with Crippen molar-refractivity contribution in [2.24, 2.45) is 17.6 Å². The summed E-state index contributed by atoms with van der Waals surface area (Å²) in [5.41, 5.74) is 5.33. The maximum Gasteiger partial charge on any atom is 0.222 e. The standard InChI is InChI=1S/C9H20N2O2/c1-7(6-12)5-11-9(13)8(2)3-4-10/h7-8,12H,3-6,10H2,1-2H3,(H,11,13). The third-order valence-electron chi connectivity index (χ3n) is 1.98. The quantitative estimate of drug-likeness (QED) is 0.536. The minimum atomic E-state index is -0.0316. The van der Waals surface area contributed by atoms with E-state index in [-0.39, 0.29) is 24.3 Å². The van der Waals surface area contributed by atoms with Crippen LogP contribution in [0.5, 0.6) is 0 Å². The molecular weight excluding hydrogens is 168 g/mol. The van der Waals surface area contributed by atoms with Gasteiger partial charge in [0.05, 0.1) is 0 Å². The van der Waals surface area contributed by atoms with E-state index in [2.05, 4.69) is 5.32 Å². The first-order chi connectivity index (χ1) is 6.11. The molecule has 1 amide bonds. The molecule has 0 bridgehead atoms. The zero-order valence-electron chi connectivity index (χ0n) is 8.42. The maximum atomic E-state index is 11.3. The van der Waals surface area contributed by atoms with Gasteiger partial charge in [0.2, 0.25) is 5.91 Å². The highest BCUT2D eigenvalue weighted by molar-refractivity contribution is 5.78. The highest BCUT2D eigenvalue weighted by Crippen LogP contribution is 2.00. The Balaban J connectivity index is 3.61. The van der Waals surface area contributed by atoms with Gasteiger partial charge in [0.1, 0.15) is 0 Å². The number of carbonyl (C=O) groups excluding carboxylic acids is 1. The molecule has 4 heteroatoms. The summed E-state index contributed by atoms with van der Waals surface area (Å²) in [6, 6.07) is 0. The SMILES string of the molecule is CC(CO)CNC(=O)C(C)CCN. The van der Waals surface area contributed by atoms with Crippen molar-refractivity contribution in [3.8, 4) is 0 Å². The van der Waals surface area contributed by atoms with Crippen LogP contribution < -0.4 is 11.1 Å². The zero-order chi connectivity index (χ0) is 10.3. The normalized spacial score (nSPS) is 15.1. The maximum absolute atomic E-state index is 11.3. The molecule has 4 N–H and O–H groups in total. The van der Waals surface area contributed by atoms with Crippen molar-refractivity contribution in [1.82, 2.24) is 5.32 Å². The van der Waals surface area contributed by atoms with Crippen molar-refractivity contribution in [3.63, 3.8) is 0 Å². The van der Waals surface area contributed by atoms with Crippen LogP contribution in [0.3, 0.4) is 0 Å². The van der Waals surface area contributed by atoms with Gasteiger partial charge in [-0.15, -0.1) is 0 Å². The van der Waals surface area contributed by atoms with E-state index in [1.165, 1.54) is 0 Å². The number of hydrogen-bond acceptors (Lipinski definition) is 3. The van der Waals surface area contributed by atoms with Crippen LogP contribution in [0.15, 0.2) is 0 Å². The van der Waals surface area contributed by atoms with E-state index in [1.54, 1.807) is 0 Å². The lowest BCUT2D eigenvalue weighted by molar-refractivity contribution is -0.124. The Morgan fingerprint density at radius 2 is 2.15 bits per heavy atom.